The molecule has 0 bridgehead atoms. The fraction of sp³-hybridized carbons (Fsp3) is 0.750. The predicted molar refractivity (Wildman–Crippen MR) is 73.3 cm³/mol. The number of hydrogen-bond donors (Lipinski definition) is 1. The molecule has 1 aliphatic heterocycles. The van der Waals surface area contributed by atoms with Crippen LogP contribution in [0.2, 0.25) is 0 Å². The minimum atomic E-state index is -0.316. The van der Waals surface area contributed by atoms with Crippen molar-refractivity contribution in [1.29, 1.82) is 0 Å². The summed E-state index contributed by atoms with van der Waals surface area (Å²) in [5, 5.41) is 15.6. The zero-order chi connectivity index (χ0) is 14.0. The summed E-state index contributed by atoms with van der Waals surface area (Å²) in [5.74, 6) is 0.608. The van der Waals surface area contributed by atoms with Gasteiger partial charge in [-0.2, -0.15) is 5.10 Å². The minimum Gasteiger partial charge on any atom is -0.347 e. The number of nitrogens with two attached hydrogens (primary N) is 1. The number of hydrogen-bond acceptors (Lipinski definition) is 5. The van der Waals surface area contributed by atoms with E-state index >= 15 is 0 Å². The zero-order valence-electron chi connectivity index (χ0n) is 11.5. The van der Waals surface area contributed by atoms with Gasteiger partial charge in [0.1, 0.15) is 5.69 Å². The molecule has 1 atom stereocenters. The lowest BCUT2D eigenvalue weighted by molar-refractivity contribution is -0.384. The van der Waals surface area contributed by atoms with Crippen molar-refractivity contribution in [2.45, 2.75) is 38.6 Å². The van der Waals surface area contributed by atoms with Gasteiger partial charge in [0.25, 0.3) is 0 Å². The van der Waals surface area contributed by atoms with E-state index in [9.17, 15) is 10.1 Å². The molecule has 7 heteroatoms. The lowest BCUT2D eigenvalue weighted by atomic mass is 10.0. The van der Waals surface area contributed by atoms with Crippen LogP contribution in [-0.2, 0) is 13.5 Å². The zero-order valence-corrected chi connectivity index (χ0v) is 11.5. The van der Waals surface area contributed by atoms with E-state index < -0.39 is 0 Å². The van der Waals surface area contributed by atoms with Gasteiger partial charge in [-0.1, -0.05) is 6.92 Å². The van der Waals surface area contributed by atoms with Crippen LogP contribution >= 0.6 is 0 Å². The number of nitrogens with zero attached hydrogens (tertiary/aromatic N) is 4. The van der Waals surface area contributed by atoms with Crippen LogP contribution < -0.4 is 10.6 Å². The van der Waals surface area contributed by atoms with E-state index in [0.717, 1.165) is 25.8 Å². The summed E-state index contributed by atoms with van der Waals surface area (Å²) in [4.78, 5) is 13.1. The fourth-order valence-corrected chi connectivity index (χ4v) is 2.83. The van der Waals surface area contributed by atoms with Gasteiger partial charge in [-0.25, -0.2) is 4.68 Å². The third-order valence-corrected chi connectivity index (χ3v) is 3.75. The minimum absolute atomic E-state index is 0.144. The van der Waals surface area contributed by atoms with Crippen LogP contribution in [0.4, 0.5) is 11.5 Å². The second-order valence-corrected chi connectivity index (χ2v) is 4.93. The summed E-state index contributed by atoms with van der Waals surface area (Å²) in [6, 6.07) is 0.174. The van der Waals surface area contributed by atoms with Crippen LogP contribution in [0.5, 0.6) is 0 Å². The number of rotatable bonds is 4. The summed E-state index contributed by atoms with van der Waals surface area (Å²) in [5.41, 5.74) is 6.49. The number of aryl methyl sites for hydroxylation is 2. The molecule has 2 rings (SSSR count). The van der Waals surface area contributed by atoms with E-state index in [-0.39, 0.29) is 16.7 Å². The molecule has 0 aromatic carbocycles. The molecule has 0 aliphatic carbocycles. The molecule has 1 aromatic heterocycles. The van der Waals surface area contributed by atoms with Crippen LogP contribution in [0.15, 0.2) is 0 Å². The molecular weight excluding hydrogens is 246 g/mol. The lowest BCUT2D eigenvalue weighted by Gasteiger charge is -2.35. The van der Waals surface area contributed by atoms with Gasteiger partial charge >= 0.3 is 5.69 Å². The Morgan fingerprint density at radius 2 is 2.26 bits per heavy atom. The molecule has 7 nitrogen and oxygen atoms in total. The molecule has 1 aromatic rings. The molecule has 19 heavy (non-hydrogen) atoms. The molecule has 2 N–H and O–H groups in total. The van der Waals surface area contributed by atoms with Crippen molar-refractivity contribution in [3.63, 3.8) is 0 Å². The maximum Gasteiger partial charge on any atom is 0.334 e. The lowest BCUT2D eigenvalue weighted by Crippen LogP contribution is -2.45. The van der Waals surface area contributed by atoms with E-state index in [4.69, 9.17) is 5.73 Å². The van der Waals surface area contributed by atoms with Gasteiger partial charge in [0, 0.05) is 26.2 Å². The highest BCUT2D eigenvalue weighted by Gasteiger charge is 2.33. The Bertz CT molecular complexity index is 471. The topological polar surface area (TPSA) is 90.2 Å². The molecule has 106 valence electrons. The summed E-state index contributed by atoms with van der Waals surface area (Å²) >= 11 is 0. The van der Waals surface area contributed by atoms with Crippen molar-refractivity contribution in [1.82, 2.24) is 9.78 Å². The fourth-order valence-electron chi connectivity index (χ4n) is 2.83. The number of aromatic nitrogens is 2. The predicted octanol–water partition coefficient (Wildman–Crippen LogP) is 1.21. The first-order valence-corrected chi connectivity index (χ1v) is 6.77. The Morgan fingerprint density at radius 1 is 1.53 bits per heavy atom. The highest BCUT2D eigenvalue weighted by molar-refractivity contribution is 5.62. The van der Waals surface area contributed by atoms with Crippen molar-refractivity contribution >= 4 is 11.5 Å². The monoisotopic (exact) mass is 267 g/mol. The van der Waals surface area contributed by atoms with E-state index in [1.54, 1.807) is 11.7 Å². The van der Waals surface area contributed by atoms with Gasteiger partial charge in [0.15, 0.2) is 0 Å². The summed E-state index contributed by atoms with van der Waals surface area (Å²) in [6.45, 7) is 3.21. The Morgan fingerprint density at radius 3 is 2.84 bits per heavy atom. The van der Waals surface area contributed by atoms with Crippen molar-refractivity contribution in [3.8, 4) is 0 Å². The smallest absolute Gasteiger partial charge is 0.334 e. The van der Waals surface area contributed by atoms with Crippen LogP contribution in [0.1, 0.15) is 31.9 Å². The van der Waals surface area contributed by atoms with Crippen molar-refractivity contribution in [2.75, 3.05) is 18.0 Å². The highest BCUT2D eigenvalue weighted by Crippen LogP contribution is 2.35. The van der Waals surface area contributed by atoms with E-state index in [2.05, 4.69) is 10.00 Å². The van der Waals surface area contributed by atoms with Gasteiger partial charge in [0.2, 0.25) is 5.82 Å². The summed E-state index contributed by atoms with van der Waals surface area (Å²) < 4.78 is 1.63. The molecule has 0 spiro atoms. The van der Waals surface area contributed by atoms with E-state index in [1.165, 1.54) is 0 Å². The normalized spacial score (nSPS) is 19.7. The second kappa shape index (κ2) is 5.56. The maximum absolute atomic E-state index is 11.3. The molecule has 0 radical (unpaired) electrons. The van der Waals surface area contributed by atoms with E-state index in [1.807, 2.05) is 6.92 Å². The third kappa shape index (κ3) is 2.42. The summed E-state index contributed by atoms with van der Waals surface area (Å²) in [7, 11) is 1.77. The van der Waals surface area contributed by atoms with Crippen molar-refractivity contribution < 1.29 is 4.92 Å². The standard InChI is InChI=1S/C12H21N5O2/c1-3-10-11(17(18)19)12(15(2)14-10)16-7-5-4-6-9(16)8-13/h9H,3-8,13H2,1-2H3. The molecular formula is C12H21N5O2. The average Bonchev–Trinajstić information content (AvgIpc) is 2.75. The molecule has 1 saturated heterocycles. The molecule has 1 unspecified atom stereocenters. The highest BCUT2D eigenvalue weighted by atomic mass is 16.6. The van der Waals surface area contributed by atoms with Gasteiger partial charge in [0.05, 0.1) is 4.92 Å². The number of nitro groups is 1. The first-order chi connectivity index (χ1) is 9.10. The molecule has 1 aliphatic rings. The van der Waals surface area contributed by atoms with Gasteiger partial charge < -0.3 is 10.6 Å². The number of piperidine rings is 1. The van der Waals surface area contributed by atoms with Crippen molar-refractivity contribution in [3.05, 3.63) is 15.8 Å². The average molecular weight is 267 g/mol. The Balaban J connectivity index is 2.47. The van der Waals surface area contributed by atoms with Gasteiger partial charge in [-0.3, -0.25) is 10.1 Å². The molecule has 0 saturated carbocycles. The Labute approximate surface area is 112 Å². The third-order valence-electron chi connectivity index (χ3n) is 3.75. The molecule has 1 fully saturated rings. The van der Waals surface area contributed by atoms with Gasteiger partial charge in [-0.05, 0) is 25.7 Å². The van der Waals surface area contributed by atoms with Crippen LogP contribution in [0.3, 0.4) is 0 Å². The van der Waals surface area contributed by atoms with Crippen molar-refractivity contribution in [2.24, 2.45) is 12.8 Å². The van der Waals surface area contributed by atoms with Gasteiger partial charge in [-0.15, -0.1) is 0 Å². The second-order valence-electron chi connectivity index (χ2n) is 4.93. The quantitative estimate of drug-likeness (QED) is 0.654. The SMILES string of the molecule is CCc1nn(C)c(N2CCCCC2CN)c1[N+](=O)[O-]. The Kier molecular flexibility index (Phi) is 4.04. The van der Waals surface area contributed by atoms with Crippen LogP contribution in [-0.4, -0.2) is 33.8 Å². The first kappa shape index (κ1) is 13.8. The first-order valence-electron chi connectivity index (χ1n) is 6.77. The Hall–Kier alpha value is -1.63. The van der Waals surface area contributed by atoms with Crippen LogP contribution in [0, 0.1) is 10.1 Å². The van der Waals surface area contributed by atoms with E-state index in [0.29, 0.717) is 24.5 Å². The molecule has 2 heterocycles. The summed E-state index contributed by atoms with van der Waals surface area (Å²) in [6.07, 6.45) is 3.72. The maximum atomic E-state index is 11.3. The largest absolute Gasteiger partial charge is 0.347 e. The molecule has 0 amide bonds. The number of anilines is 1. The van der Waals surface area contributed by atoms with Crippen LogP contribution in [0.25, 0.3) is 0 Å².